The quantitative estimate of drug-likeness (QED) is 0.766. The van der Waals surface area contributed by atoms with Gasteiger partial charge in [-0.2, -0.15) is 0 Å². The molecule has 2 N–H and O–H groups in total. The van der Waals surface area contributed by atoms with E-state index in [1.165, 1.54) is 0 Å². The number of carboxylic acid groups (broad SMARTS) is 1. The summed E-state index contributed by atoms with van der Waals surface area (Å²) < 4.78 is 5.49. The number of pyridine rings is 1. The van der Waals surface area contributed by atoms with Gasteiger partial charge >= 0.3 is 5.97 Å². The number of aromatic carboxylic acids is 1. The number of fused-ring (bicyclic) bond motifs is 1. The van der Waals surface area contributed by atoms with Crippen LogP contribution in [0, 0.1) is 0 Å². The second-order valence-corrected chi connectivity index (χ2v) is 4.57. The van der Waals surface area contributed by atoms with Crippen LogP contribution < -0.4 is 10.2 Å². The number of aromatic nitrogens is 1. The molecule has 0 spiro atoms. The highest BCUT2D eigenvalue weighted by molar-refractivity contribution is 5.85. The Hall–Kier alpha value is -1.66. The van der Waals surface area contributed by atoms with Gasteiger partial charge in [-0.3, -0.25) is 0 Å². The van der Waals surface area contributed by atoms with E-state index in [-0.39, 0.29) is 5.69 Å². The molecule has 1 aromatic heterocycles. The Bertz CT molecular complexity index is 448. The van der Waals surface area contributed by atoms with Gasteiger partial charge < -0.3 is 20.1 Å². The highest BCUT2D eigenvalue weighted by atomic mass is 16.5. The number of hydrogen-bond donors (Lipinski definition) is 2. The van der Waals surface area contributed by atoms with Gasteiger partial charge in [-0.15, -0.1) is 0 Å². The Morgan fingerprint density at radius 1 is 1.50 bits per heavy atom. The molecule has 0 saturated carbocycles. The van der Waals surface area contributed by atoms with Gasteiger partial charge in [-0.05, 0) is 12.1 Å². The Labute approximate surface area is 105 Å². The van der Waals surface area contributed by atoms with Crippen molar-refractivity contribution in [2.75, 3.05) is 31.2 Å². The minimum Gasteiger partial charge on any atom is -0.477 e. The molecule has 2 fully saturated rings. The Kier molecular flexibility index (Phi) is 2.89. The van der Waals surface area contributed by atoms with Crippen LogP contribution in [-0.2, 0) is 4.74 Å². The zero-order valence-electron chi connectivity index (χ0n) is 9.87. The molecule has 96 valence electrons. The monoisotopic (exact) mass is 249 g/mol. The number of hydrogen-bond acceptors (Lipinski definition) is 5. The molecule has 18 heavy (non-hydrogen) atoms. The van der Waals surface area contributed by atoms with Crippen molar-refractivity contribution < 1.29 is 14.6 Å². The molecule has 6 heteroatoms. The summed E-state index contributed by atoms with van der Waals surface area (Å²) in [5, 5.41) is 12.3. The molecule has 0 unspecified atom stereocenters. The van der Waals surface area contributed by atoms with E-state index in [0.29, 0.717) is 18.7 Å². The number of anilines is 1. The Balaban J connectivity index is 1.82. The van der Waals surface area contributed by atoms with Gasteiger partial charge in [0.25, 0.3) is 0 Å². The van der Waals surface area contributed by atoms with Crippen LogP contribution in [0.3, 0.4) is 0 Å². The Morgan fingerprint density at radius 3 is 3.11 bits per heavy atom. The van der Waals surface area contributed by atoms with Gasteiger partial charge in [0, 0.05) is 13.1 Å². The maximum atomic E-state index is 10.8. The second kappa shape index (κ2) is 4.55. The van der Waals surface area contributed by atoms with Crippen LogP contribution in [0.25, 0.3) is 0 Å². The number of nitrogens with one attached hydrogen (secondary N) is 1. The van der Waals surface area contributed by atoms with Crippen molar-refractivity contribution in [3.8, 4) is 0 Å². The van der Waals surface area contributed by atoms with Gasteiger partial charge in [0.05, 0.1) is 37.2 Å². The first kappa shape index (κ1) is 11.4. The van der Waals surface area contributed by atoms with Crippen LogP contribution >= 0.6 is 0 Å². The second-order valence-electron chi connectivity index (χ2n) is 4.57. The first-order valence-electron chi connectivity index (χ1n) is 6.03. The van der Waals surface area contributed by atoms with E-state index in [1.807, 2.05) is 6.07 Å². The van der Waals surface area contributed by atoms with Gasteiger partial charge in [-0.25, -0.2) is 9.78 Å². The fraction of sp³-hybridized carbons (Fsp3) is 0.500. The standard InChI is InChI=1S/C12H15N3O3/c16-12(17)9-2-1-8(5-14-9)15-4-3-13-10-6-18-7-11(10)15/h1-2,5,10-11,13H,3-4,6-7H2,(H,16,17)/t10-,11+/m1/s1. The molecule has 0 aliphatic carbocycles. The molecule has 2 aliphatic heterocycles. The maximum Gasteiger partial charge on any atom is 0.354 e. The summed E-state index contributed by atoms with van der Waals surface area (Å²) in [4.78, 5) is 17.0. The number of ether oxygens (including phenoxy) is 1. The van der Waals surface area contributed by atoms with Gasteiger partial charge in [0.1, 0.15) is 5.69 Å². The lowest BCUT2D eigenvalue weighted by Crippen LogP contribution is -2.57. The van der Waals surface area contributed by atoms with Crippen LogP contribution in [0.2, 0.25) is 0 Å². The van der Waals surface area contributed by atoms with Crippen LogP contribution in [0.15, 0.2) is 18.3 Å². The molecule has 0 bridgehead atoms. The van der Waals surface area contributed by atoms with Gasteiger partial charge in [0.15, 0.2) is 0 Å². The highest BCUT2D eigenvalue weighted by Gasteiger charge is 2.36. The number of rotatable bonds is 2. The van der Waals surface area contributed by atoms with E-state index in [0.717, 1.165) is 25.4 Å². The zero-order valence-corrected chi connectivity index (χ0v) is 9.87. The third kappa shape index (κ3) is 1.93. The molecule has 1 aromatic rings. The van der Waals surface area contributed by atoms with E-state index in [2.05, 4.69) is 15.2 Å². The summed E-state index contributed by atoms with van der Waals surface area (Å²) in [6.07, 6.45) is 1.63. The molecular weight excluding hydrogens is 234 g/mol. The summed E-state index contributed by atoms with van der Waals surface area (Å²) in [6.45, 7) is 3.24. The lowest BCUT2D eigenvalue weighted by Gasteiger charge is -2.38. The molecule has 3 rings (SSSR count). The van der Waals surface area contributed by atoms with Crippen molar-refractivity contribution in [2.45, 2.75) is 12.1 Å². The van der Waals surface area contributed by atoms with Crippen molar-refractivity contribution in [1.29, 1.82) is 0 Å². The van der Waals surface area contributed by atoms with Crippen LogP contribution in [0.1, 0.15) is 10.5 Å². The normalized spacial score (nSPS) is 27.0. The predicted molar refractivity (Wildman–Crippen MR) is 64.9 cm³/mol. The summed E-state index contributed by atoms with van der Waals surface area (Å²) in [7, 11) is 0. The van der Waals surface area contributed by atoms with Crippen molar-refractivity contribution in [2.24, 2.45) is 0 Å². The minimum atomic E-state index is -0.996. The smallest absolute Gasteiger partial charge is 0.354 e. The zero-order chi connectivity index (χ0) is 12.5. The number of carboxylic acids is 1. The van der Waals surface area contributed by atoms with E-state index in [4.69, 9.17) is 9.84 Å². The van der Waals surface area contributed by atoms with Crippen molar-refractivity contribution in [1.82, 2.24) is 10.3 Å². The van der Waals surface area contributed by atoms with Crippen molar-refractivity contribution in [3.05, 3.63) is 24.0 Å². The van der Waals surface area contributed by atoms with Crippen LogP contribution in [0.4, 0.5) is 5.69 Å². The first-order chi connectivity index (χ1) is 8.75. The van der Waals surface area contributed by atoms with Crippen LogP contribution in [-0.4, -0.2) is 54.4 Å². The predicted octanol–water partition coefficient (Wildman–Crippen LogP) is -0.0432. The maximum absolute atomic E-state index is 10.8. The summed E-state index contributed by atoms with van der Waals surface area (Å²) in [6, 6.07) is 4.04. The minimum absolute atomic E-state index is 0.0770. The fourth-order valence-corrected chi connectivity index (χ4v) is 2.58. The first-order valence-corrected chi connectivity index (χ1v) is 6.03. The van der Waals surface area contributed by atoms with Gasteiger partial charge in [0.2, 0.25) is 0 Å². The molecule has 0 amide bonds. The van der Waals surface area contributed by atoms with Crippen molar-refractivity contribution >= 4 is 11.7 Å². The average Bonchev–Trinajstić information content (AvgIpc) is 2.87. The molecule has 2 atom stereocenters. The molecule has 6 nitrogen and oxygen atoms in total. The third-order valence-corrected chi connectivity index (χ3v) is 3.51. The van der Waals surface area contributed by atoms with E-state index < -0.39 is 5.97 Å². The molecule has 2 saturated heterocycles. The lowest BCUT2D eigenvalue weighted by molar-refractivity contribution is 0.0690. The fourth-order valence-electron chi connectivity index (χ4n) is 2.58. The van der Waals surface area contributed by atoms with Crippen molar-refractivity contribution in [3.63, 3.8) is 0 Å². The number of carbonyl (C=O) groups is 1. The number of nitrogens with zero attached hydrogens (tertiary/aromatic N) is 2. The molecular formula is C12H15N3O3. The Morgan fingerprint density at radius 2 is 2.39 bits per heavy atom. The summed E-state index contributed by atoms with van der Waals surface area (Å²) >= 11 is 0. The summed E-state index contributed by atoms with van der Waals surface area (Å²) in [5.74, 6) is -0.996. The topological polar surface area (TPSA) is 74.7 Å². The number of piperazine rings is 1. The van der Waals surface area contributed by atoms with Crippen LogP contribution in [0.5, 0.6) is 0 Å². The molecule has 2 aliphatic rings. The van der Waals surface area contributed by atoms with E-state index in [1.54, 1.807) is 12.3 Å². The largest absolute Gasteiger partial charge is 0.477 e. The van der Waals surface area contributed by atoms with Gasteiger partial charge in [-0.1, -0.05) is 0 Å². The molecule has 3 heterocycles. The van der Waals surface area contributed by atoms with E-state index >= 15 is 0 Å². The molecule has 0 aromatic carbocycles. The SMILES string of the molecule is O=C(O)c1ccc(N2CCN[C@@H]3COC[C@@H]32)cn1. The summed E-state index contributed by atoms with van der Waals surface area (Å²) in [5.41, 5.74) is 1.04. The highest BCUT2D eigenvalue weighted by Crippen LogP contribution is 2.23. The molecule has 0 radical (unpaired) electrons. The van der Waals surface area contributed by atoms with E-state index in [9.17, 15) is 4.79 Å². The lowest BCUT2D eigenvalue weighted by atomic mass is 10.1. The third-order valence-electron chi connectivity index (χ3n) is 3.51. The average molecular weight is 249 g/mol.